The molecular weight excluding hydrogens is 286 g/mol. The maximum absolute atomic E-state index is 11.6. The number of rotatable bonds is 5. The van der Waals surface area contributed by atoms with E-state index in [0.29, 0.717) is 5.88 Å². The van der Waals surface area contributed by atoms with Crippen molar-refractivity contribution in [2.75, 3.05) is 7.11 Å². The molecule has 4 nitrogen and oxygen atoms in total. The van der Waals surface area contributed by atoms with Crippen LogP contribution in [0.2, 0.25) is 0 Å². The molecular formula is C12H16BrNO3. The lowest BCUT2D eigenvalue weighted by molar-refractivity contribution is -0.147. The fourth-order valence-electron chi connectivity index (χ4n) is 1.28. The molecule has 1 atom stereocenters. The minimum Gasteiger partial charge on any atom is -0.481 e. The summed E-state index contributed by atoms with van der Waals surface area (Å²) in [6, 6.07) is 1.81. The number of hydrogen-bond acceptors (Lipinski definition) is 4. The first-order chi connectivity index (χ1) is 8.06. The maximum Gasteiger partial charge on any atom is 0.310 e. The van der Waals surface area contributed by atoms with Gasteiger partial charge in [-0.1, -0.05) is 6.92 Å². The van der Waals surface area contributed by atoms with Crippen molar-refractivity contribution in [3.63, 3.8) is 0 Å². The SMILES string of the molecule is CCC(C)OC(=O)Cc1cc(Br)cnc1OC. The van der Waals surface area contributed by atoms with Crippen molar-refractivity contribution in [2.24, 2.45) is 0 Å². The molecule has 0 saturated carbocycles. The number of pyridine rings is 1. The smallest absolute Gasteiger partial charge is 0.310 e. The summed E-state index contributed by atoms with van der Waals surface area (Å²) in [6.45, 7) is 3.84. The van der Waals surface area contributed by atoms with Crippen molar-refractivity contribution in [3.05, 3.63) is 22.3 Å². The first-order valence-electron chi connectivity index (χ1n) is 5.44. The van der Waals surface area contributed by atoms with Crippen LogP contribution >= 0.6 is 15.9 Å². The molecule has 0 aliphatic heterocycles. The van der Waals surface area contributed by atoms with Crippen molar-refractivity contribution in [1.29, 1.82) is 0 Å². The molecule has 1 rings (SSSR count). The second kappa shape index (κ2) is 6.59. The van der Waals surface area contributed by atoms with Crippen molar-refractivity contribution in [3.8, 4) is 5.88 Å². The summed E-state index contributed by atoms with van der Waals surface area (Å²) in [5.74, 6) is 0.187. The second-order valence-electron chi connectivity index (χ2n) is 3.71. The number of carbonyl (C=O) groups excluding carboxylic acids is 1. The predicted octanol–water partition coefficient (Wildman–Crippen LogP) is 2.74. The highest BCUT2D eigenvalue weighted by molar-refractivity contribution is 9.10. The summed E-state index contributed by atoms with van der Waals surface area (Å²) < 4.78 is 11.1. The minimum atomic E-state index is -0.266. The van der Waals surface area contributed by atoms with Gasteiger partial charge in [0.25, 0.3) is 0 Å². The van der Waals surface area contributed by atoms with Crippen LogP contribution in [0.1, 0.15) is 25.8 Å². The first kappa shape index (κ1) is 14.0. The van der Waals surface area contributed by atoms with Crippen LogP contribution in [-0.4, -0.2) is 24.2 Å². The molecule has 1 aromatic rings. The van der Waals surface area contributed by atoms with Gasteiger partial charge in [-0.05, 0) is 35.3 Å². The molecule has 0 fully saturated rings. The summed E-state index contributed by atoms with van der Waals surface area (Å²) in [7, 11) is 1.53. The van der Waals surface area contributed by atoms with E-state index in [1.807, 2.05) is 19.9 Å². The van der Waals surface area contributed by atoms with Crippen LogP contribution < -0.4 is 4.74 Å². The lowest BCUT2D eigenvalue weighted by Gasteiger charge is -2.12. The quantitative estimate of drug-likeness (QED) is 0.785. The molecule has 0 aliphatic rings. The molecule has 17 heavy (non-hydrogen) atoms. The van der Waals surface area contributed by atoms with Crippen LogP contribution in [0.25, 0.3) is 0 Å². The average Bonchev–Trinajstić information content (AvgIpc) is 2.29. The summed E-state index contributed by atoms with van der Waals surface area (Å²) >= 11 is 3.31. The van der Waals surface area contributed by atoms with Crippen LogP contribution in [0, 0.1) is 0 Å². The molecule has 0 spiro atoms. The molecule has 94 valence electrons. The third kappa shape index (κ3) is 4.34. The van der Waals surface area contributed by atoms with Gasteiger partial charge in [-0.3, -0.25) is 4.79 Å². The zero-order valence-corrected chi connectivity index (χ0v) is 11.8. The monoisotopic (exact) mass is 301 g/mol. The Bertz CT molecular complexity index is 395. The van der Waals surface area contributed by atoms with E-state index in [9.17, 15) is 4.79 Å². The van der Waals surface area contributed by atoms with E-state index in [4.69, 9.17) is 9.47 Å². The van der Waals surface area contributed by atoms with E-state index in [0.717, 1.165) is 16.5 Å². The van der Waals surface area contributed by atoms with E-state index < -0.39 is 0 Å². The van der Waals surface area contributed by atoms with Gasteiger partial charge in [-0.25, -0.2) is 4.98 Å². The molecule has 0 N–H and O–H groups in total. The standard InChI is InChI=1S/C12H16BrNO3/c1-4-8(2)17-11(15)6-9-5-10(13)7-14-12(9)16-3/h5,7-8H,4,6H2,1-3H3. The Hall–Kier alpha value is -1.10. The number of ether oxygens (including phenoxy) is 2. The lowest BCUT2D eigenvalue weighted by atomic mass is 10.2. The van der Waals surface area contributed by atoms with E-state index >= 15 is 0 Å². The molecule has 1 unspecified atom stereocenters. The summed E-state index contributed by atoms with van der Waals surface area (Å²) in [6.07, 6.45) is 2.54. The Balaban J connectivity index is 2.73. The number of nitrogens with zero attached hydrogens (tertiary/aromatic N) is 1. The molecule has 0 aliphatic carbocycles. The molecule has 0 saturated heterocycles. The molecule has 0 amide bonds. The van der Waals surface area contributed by atoms with Gasteiger partial charge in [0.2, 0.25) is 5.88 Å². The van der Waals surface area contributed by atoms with Gasteiger partial charge >= 0.3 is 5.97 Å². The van der Waals surface area contributed by atoms with Crippen molar-refractivity contribution < 1.29 is 14.3 Å². The van der Waals surface area contributed by atoms with Gasteiger partial charge in [-0.15, -0.1) is 0 Å². The van der Waals surface area contributed by atoms with Crippen LogP contribution in [0.3, 0.4) is 0 Å². The zero-order chi connectivity index (χ0) is 12.8. The zero-order valence-electron chi connectivity index (χ0n) is 10.2. The Kier molecular flexibility index (Phi) is 5.41. The predicted molar refractivity (Wildman–Crippen MR) is 68.0 cm³/mol. The van der Waals surface area contributed by atoms with Crippen molar-refractivity contribution in [1.82, 2.24) is 4.98 Å². The van der Waals surface area contributed by atoms with Gasteiger partial charge in [0.05, 0.1) is 19.6 Å². The third-order valence-corrected chi connectivity index (χ3v) is 2.76. The van der Waals surface area contributed by atoms with E-state index in [1.54, 1.807) is 6.20 Å². The fourth-order valence-corrected chi connectivity index (χ4v) is 1.66. The Morgan fingerprint density at radius 1 is 1.59 bits per heavy atom. The van der Waals surface area contributed by atoms with Gasteiger partial charge in [0.1, 0.15) is 0 Å². The number of hydrogen-bond donors (Lipinski definition) is 0. The number of carbonyl (C=O) groups is 1. The van der Waals surface area contributed by atoms with E-state index in [2.05, 4.69) is 20.9 Å². The minimum absolute atomic E-state index is 0.0615. The fraction of sp³-hybridized carbons (Fsp3) is 0.500. The molecule has 0 bridgehead atoms. The lowest BCUT2D eigenvalue weighted by Crippen LogP contribution is -2.16. The average molecular weight is 302 g/mol. The van der Waals surface area contributed by atoms with Gasteiger partial charge in [0.15, 0.2) is 0 Å². The topological polar surface area (TPSA) is 48.4 Å². The highest BCUT2D eigenvalue weighted by Crippen LogP contribution is 2.20. The molecule has 1 aromatic heterocycles. The first-order valence-corrected chi connectivity index (χ1v) is 6.24. The highest BCUT2D eigenvalue weighted by atomic mass is 79.9. The van der Waals surface area contributed by atoms with Crippen LogP contribution in [0.4, 0.5) is 0 Å². The van der Waals surface area contributed by atoms with Crippen LogP contribution in [0.15, 0.2) is 16.7 Å². The number of halogens is 1. The van der Waals surface area contributed by atoms with Crippen LogP contribution in [0.5, 0.6) is 5.88 Å². The molecule has 0 radical (unpaired) electrons. The summed E-state index contributed by atoms with van der Waals surface area (Å²) in [5, 5.41) is 0. The largest absolute Gasteiger partial charge is 0.481 e. The second-order valence-corrected chi connectivity index (χ2v) is 4.62. The Labute approximate surface area is 109 Å². The van der Waals surface area contributed by atoms with E-state index in [-0.39, 0.29) is 18.5 Å². The van der Waals surface area contributed by atoms with Gasteiger partial charge in [0, 0.05) is 16.2 Å². The number of methoxy groups -OCH3 is 1. The number of esters is 1. The number of aromatic nitrogens is 1. The van der Waals surface area contributed by atoms with Crippen LogP contribution in [-0.2, 0) is 16.0 Å². The van der Waals surface area contributed by atoms with E-state index in [1.165, 1.54) is 7.11 Å². The molecule has 0 aromatic carbocycles. The molecule has 1 heterocycles. The Morgan fingerprint density at radius 2 is 2.29 bits per heavy atom. The van der Waals surface area contributed by atoms with Gasteiger partial charge in [-0.2, -0.15) is 0 Å². The summed E-state index contributed by atoms with van der Waals surface area (Å²) in [4.78, 5) is 15.7. The molecule has 5 heteroatoms. The normalized spacial score (nSPS) is 12.0. The Morgan fingerprint density at radius 3 is 2.88 bits per heavy atom. The van der Waals surface area contributed by atoms with Crippen molar-refractivity contribution >= 4 is 21.9 Å². The summed E-state index contributed by atoms with van der Waals surface area (Å²) in [5.41, 5.74) is 0.718. The third-order valence-electron chi connectivity index (χ3n) is 2.33. The maximum atomic E-state index is 11.6. The highest BCUT2D eigenvalue weighted by Gasteiger charge is 2.13. The van der Waals surface area contributed by atoms with Crippen molar-refractivity contribution in [2.45, 2.75) is 32.8 Å². The van der Waals surface area contributed by atoms with Gasteiger partial charge < -0.3 is 9.47 Å².